The number of anilines is 1. The molecule has 2 aromatic heterocycles. The number of furan rings is 1. The Morgan fingerprint density at radius 2 is 2.04 bits per heavy atom. The maximum atomic E-state index is 12.5. The van der Waals surface area contributed by atoms with Gasteiger partial charge in [-0.3, -0.25) is 10.1 Å². The molecule has 136 valence electrons. The summed E-state index contributed by atoms with van der Waals surface area (Å²) in [5.41, 5.74) is 0.680. The highest BCUT2D eigenvalue weighted by Crippen LogP contribution is 2.20. The van der Waals surface area contributed by atoms with E-state index in [4.69, 9.17) is 9.15 Å². The van der Waals surface area contributed by atoms with Crippen LogP contribution in [0.25, 0.3) is 0 Å². The number of para-hydroxylation sites is 1. The molecule has 3 aromatic rings. The Bertz CT molecular complexity index is 829. The quantitative estimate of drug-likeness (QED) is 0.552. The predicted molar refractivity (Wildman–Crippen MR) is 101 cm³/mol. The lowest BCUT2D eigenvalue weighted by atomic mass is 10.2. The molecule has 0 radical (unpaired) electrons. The maximum Gasteiger partial charge on any atom is 0.293 e. The average molecular weight is 371 g/mol. The van der Waals surface area contributed by atoms with Crippen molar-refractivity contribution in [1.29, 1.82) is 0 Å². The highest BCUT2D eigenvalue weighted by Gasteiger charge is 2.18. The second-order valence-electron chi connectivity index (χ2n) is 5.79. The lowest BCUT2D eigenvalue weighted by Gasteiger charge is -2.06. The number of carbonyl (C=O) groups excluding carboxylic acids is 1. The third-order valence-corrected chi connectivity index (χ3v) is 4.67. The molecule has 1 N–H and O–H groups in total. The Labute approximate surface area is 156 Å². The van der Waals surface area contributed by atoms with Gasteiger partial charge >= 0.3 is 0 Å². The van der Waals surface area contributed by atoms with Crippen LogP contribution >= 0.6 is 11.3 Å². The first-order chi connectivity index (χ1) is 12.8. The third-order valence-electron chi connectivity index (χ3n) is 3.77. The molecular formula is C19H21N3O3S. The first-order valence-corrected chi connectivity index (χ1v) is 9.46. The van der Waals surface area contributed by atoms with Crippen molar-refractivity contribution in [1.82, 2.24) is 10.2 Å². The zero-order valence-electron chi connectivity index (χ0n) is 14.6. The number of nitrogens with zero attached hydrogens (tertiary/aromatic N) is 2. The number of nitrogens with one attached hydrogen (secondary N) is 1. The van der Waals surface area contributed by atoms with Crippen LogP contribution in [0.5, 0.6) is 5.75 Å². The van der Waals surface area contributed by atoms with E-state index in [9.17, 15) is 4.79 Å². The van der Waals surface area contributed by atoms with Crippen LogP contribution in [0.3, 0.4) is 0 Å². The number of aromatic nitrogens is 2. The fourth-order valence-electron chi connectivity index (χ4n) is 2.41. The Kier molecular flexibility index (Phi) is 6.38. The SMILES string of the molecule is CCCCCc1nnc(NC(=O)c2occc2COc2ccccc2)s1. The summed E-state index contributed by atoms with van der Waals surface area (Å²) in [6.45, 7) is 2.41. The van der Waals surface area contributed by atoms with Crippen LogP contribution in [0.15, 0.2) is 47.1 Å². The second-order valence-corrected chi connectivity index (χ2v) is 6.85. The Morgan fingerprint density at radius 3 is 2.85 bits per heavy atom. The summed E-state index contributed by atoms with van der Waals surface area (Å²) >= 11 is 1.40. The highest BCUT2D eigenvalue weighted by molar-refractivity contribution is 7.15. The molecule has 7 heteroatoms. The molecule has 0 saturated carbocycles. The van der Waals surface area contributed by atoms with Gasteiger partial charge in [0.25, 0.3) is 5.91 Å². The van der Waals surface area contributed by atoms with Crippen molar-refractivity contribution in [2.24, 2.45) is 0 Å². The van der Waals surface area contributed by atoms with Crippen molar-refractivity contribution >= 4 is 22.4 Å². The molecule has 0 aliphatic carbocycles. The molecule has 3 rings (SSSR count). The molecule has 0 aliphatic rings. The van der Waals surface area contributed by atoms with Gasteiger partial charge in [0.05, 0.1) is 6.26 Å². The van der Waals surface area contributed by atoms with E-state index in [-0.39, 0.29) is 18.3 Å². The number of carbonyl (C=O) groups is 1. The number of hydrogen-bond donors (Lipinski definition) is 1. The minimum absolute atomic E-state index is 0.226. The average Bonchev–Trinajstić information content (AvgIpc) is 3.30. The van der Waals surface area contributed by atoms with E-state index in [1.54, 1.807) is 6.07 Å². The number of ether oxygens (including phenoxy) is 1. The number of aryl methyl sites for hydroxylation is 1. The first kappa shape index (κ1) is 18.1. The minimum Gasteiger partial charge on any atom is -0.489 e. The van der Waals surface area contributed by atoms with Gasteiger partial charge in [-0.1, -0.05) is 49.3 Å². The van der Waals surface area contributed by atoms with Crippen LogP contribution < -0.4 is 10.1 Å². The van der Waals surface area contributed by atoms with Gasteiger partial charge in [0.1, 0.15) is 17.4 Å². The van der Waals surface area contributed by atoms with E-state index in [0.29, 0.717) is 10.7 Å². The highest BCUT2D eigenvalue weighted by atomic mass is 32.1. The molecule has 1 aromatic carbocycles. The topological polar surface area (TPSA) is 77.3 Å². The largest absolute Gasteiger partial charge is 0.489 e. The summed E-state index contributed by atoms with van der Waals surface area (Å²) in [6, 6.07) is 11.2. The van der Waals surface area contributed by atoms with Crippen molar-refractivity contribution in [2.45, 2.75) is 39.2 Å². The maximum absolute atomic E-state index is 12.5. The smallest absolute Gasteiger partial charge is 0.293 e. The fourth-order valence-corrected chi connectivity index (χ4v) is 3.19. The molecule has 0 saturated heterocycles. The van der Waals surface area contributed by atoms with Gasteiger partial charge in [-0.15, -0.1) is 10.2 Å². The van der Waals surface area contributed by atoms with Gasteiger partial charge < -0.3 is 9.15 Å². The summed E-state index contributed by atoms with van der Waals surface area (Å²) < 4.78 is 11.0. The van der Waals surface area contributed by atoms with Crippen LogP contribution in [0.4, 0.5) is 5.13 Å². The van der Waals surface area contributed by atoms with Crippen molar-refractivity contribution in [3.8, 4) is 5.75 Å². The molecule has 0 bridgehead atoms. The van der Waals surface area contributed by atoms with E-state index in [0.717, 1.165) is 30.0 Å². The zero-order valence-corrected chi connectivity index (χ0v) is 15.4. The van der Waals surface area contributed by atoms with E-state index in [1.807, 2.05) is 30.3 Å². The molecule has 0 spiro atoms. The summed E-state index contributed by atoms with van der Waals surface area (Å²) in [6.07, 6.45) is 5.78. The summed E-state index contributed by atoms with van der Waals surface area (Å²) in [7, 11) is 0. The summed E-state index contributed by atoms with van der Waals surface area (Å²) in [5.74, 6) is 0.613. The lowest BCUT2D eigenvalue weighted by molar-refractivity contribution is 0.0993. The summed E-state index contributed by atoms with van der Waals surface area (Å²) in [4.78, 5) is 12.5. The molecule has 2 heterocycles. The molecule has 6 nitrogen and oxygen atoms in total. The van der Waals surface area contributed by atoms with Crippen molar-refractivity contribution in [2.75, 3.05) is 5.32 Å². The van der Waals surface area contributed by atoms with Crippen molar-refractivity contribution in [3.63, 3.8) is 0 Å². The van der Waals surface area contributed by atoms with Gasteiger partial charge in [0.15, 0.2) is 5.76 Å². The number of hydrogen-bond acceptors (Lipinski definition) is 6. The van der Waals surface area contributed by atoms with Crippen LogP contribution in [-0.2, 0) is 13.0 Å². The Hall–Kier alpha value is -2.67. The van der Waals surface area contributed by atoms with Crippen LogP contribution in [0.1, 0.15) is 47.3 Å². The minimum atomic E-state index is -0.349. The van der Waals surface area contributed by atoms with Crippen molar-refractivity contribution in [3.05, 3.63) is 59.0 Å². The molecule has 0 fully saturated rings. The Balaban J connectivity index is 1.58. The molecule has 0 atom stereocenters. The monoisotopic (exact) mass is 371 g/mol. The second kappa shape index (κ2) is 9.15. The van der Waals surface area contributed by atoms with Gasteiger partial charge in [-0.2, -0.15) is 0 Å². The van der Waals surface area contributed by atoms with Crippen LogP contribution in [0.2, 0.25) is 0 Å². The normalized spacial score (nSPS) is 10.7. The first-order valence-electron chi connectivity index (χ1n) is 8.64. The third kappa shape index (κ3) is 4.92. The zero-order chi connectivity index (χ0) is 18.2. The van der Waals surface area contributed by atoms with Crippen LogP contribution in [0, 0.1) is 0 Å². The fraction of sp³-hybridized carbons (Fsp3) is 0.316. The lowest BCUT2D eigenvalue weighted by Crippen LogP contribution is -2.13. The number of benzene rings is 1. The van der Waals surface area contributed by atoms with E-state index < -0.39 is 0 Å². The van der Waals surface area contributed by atoms with Gasteiger partial charge in [-0.25, -0.2) is 0 Å². The standard InChI is InChI=1S/C19H21N3O3S/c1-2-3-5-10-16-21-22-19(26-16)20-18(23)17-14(11-12-24-17)13-25-15-8-6-4-7-9-15/h4,6-9,11-12H,2-3,5,10,13H2,1H3,(H,20,22,23). The summed E-state index contributed by atoms with van der Waals surface area (Å²) in [5, 5.41) is 12.3. The van der Waals surface area contributed by atoms with E-state index in [2.05, 4.69) is 22.4 Å². The van der Waals surface area contributed by atoms with E-state index >= 15 is 0 Å². The van der Waals surface area contributed by atoms with Gasteiger partial charge in [0, 0.05) is 12.0 Å². The number of amides is 1. The van der Waals surface area contributed by atoms with Gasteiger partial charge in [0.2, 0.25) is 5.13 Å². The Morgan fingerprint density at radius 1 is 1.19 bits per heavy atom. The molecule has 0 aliphatic heterocycles. The van der Waals surface area contributed by atoms with Crippen molar-refractivity contribution < 1.29 is 13.9 Å². The molecule has 1 amide bonds. The van der Waals surface area contributed by atoms with E-state index in [1.165, 1.54) is 24.0 Å². The predicted octanol–water partition coefficient (Wildman–Crippen LogP) is 4.70. The molecule has 26 heavy (non-hydrogen) atoms. The molecular weight excluding hydrogens is 350 g/mol. The number of unbranched alkanes of at least 4 members (excludes halogenated alkanes) is 2. The van der Waals surface area contributed by atoms with Crippen LogP contribution in [-0.4, -0.2) is 16.1 Å². The van der Waals surface area contributed by atoms with Gasteiger partial charge in [-0.05, 0) is 24.6 Å². The number of rotatable bonds is 9. The molecule has 0 unspecified atom stereocenters.